The molecule has 0 saturated carbocycles. The molecule has 1 atom stereocenters. The lowest BCUT2D eigenvalue weighted by molar-refractivity contribution is -0.141. The number of hydrogen-bond donors (Lipinski definition) is 3. The number of aliphatic carboxylic acids is 1. The Morgan fingerprint density at radius 2 is 2.17 bits per heavy atom. The summed E-state index contributed by atoms with van der Waals surface area (Å²) in [5.41, 5.74) is 0.279. The fraction of sp³-hybridized carbons (Fsp3) is 0.417. The second-order valence-electron chi connectivity index (χ2n) is 4.07. The van der Waals surface area contributed by atoms with Crippen molar-refractivity contribution in [3.05, 3.63) is 24.0 Å². The molecule has 0 radical (unpaired) electrons. The number of pyridine rings is 1. The largest absolute Gasteiger partial charge is 0.506 e. The SMILES string of the molecule is CC(CCCNC(=O)c1cncc(O)c1)C(=O)O. The molecule has 0 bridgehead atoms. The Morgan fingerprint density at radius 3 is 2.78 bits per heavy atom. The van der Waals surface area contributed by atoms with Gasteiger partial charge in [-0.05, 0) is 18.9 Å². The molecule has 0 spiro atoms. The van der Waals surface area contributed by atoms with Crippen LogP contribution in [0.25, 0.3) is 0 Å². The van der Waals surface area contributed by atoms with Gasteiger partial charge in [0.1, 0.15) is 5.75 Å². The molecule has 18 heavy (non-hydrogen) atoms. The first-order chi connectivity index (χ1) is 8.50. The number of aromatic nitrogens is 1. The first kappa shape index (κ1) is 14.0. The van der Waals surface area contributed by atoms with Gasteiger partial charge in [-0.2, -0.15) is 0 Å². The summed E-state index contributed by atoms with van der Waals surface area (Å²) >= 11 is 0. The van der Waals surface area contributed by atoms with Gasteiger partial charge in [0.25, 0.3) is 5.91 Å². The van der Waals surface area contributed by atoms with Crippen molar-refractivity contribution in [2.45, 2.75) is 19.8 Å². The second kappa shape index (κ2) is 6.58. The van der Waals surface area contributed by atoms with Crippen molar-refractivity contribution in [3.63, 3.8) is 0 Å². The minimum absolute atomic E-state index is 0.0675. The zero-order valence-electron chi connectivity index (χ0n) is 10.1. The van der Waals surface area contributed by atoms with E-state index in [2.05, 4.69) is 10.3 Å². The van der Waals surface area contributed by atoms with E-state index in [1.807, 2.05) is 0 Å². The third kappa shape index (κ3) is 4.40. The Hall–Kier alpha value is -2.11. The Balaban J connectivity index is 2.32. The molecule has 6 nitrogen and oxygen atoms in total. The van der Waals surface area contributed by atoms with Crippen molar-refractivity contribution in [2.24, 2.45) is 5.92 Å². The van der Waals surface area contributed by atoms with Gasteiger partial charge >= 0.3 is 5.97 Å². The fourth-order valence-corrected chi connectivity index (χ4v) is 1.39. The predicted octanol–water partition coefficient (Wildman–Crippen LogP) is 1.02. The number of carboxylic acid groups (broad SMARTS) is 1. The molecule has 1 aromatic heterocycles. The fourth-order valence-electron chi connectivity index (χ4n) is 1.39. The average Bonchev–Trinajstić information content (AvgIpc) is 2.33. The molecular formula is C12H16N2O4. The van der Waals surface area contributed by atoms with Crippen LogP contribution in [-0.4, -0.2) is 33.6 Å². The molecule has 0 fully saturated rings. The molecule has 0 aliphatic rings. The summed E-state index contributed by atoms with van der Waals surface area (Å²) in [4.78, 5) is 25.9. The maximum atomic E-state index is 11.6. The smallest absolute Gasteiger partial charge is 0.306 e. The van der Waals surface area contributed by atoms with Gasteiger partial charge in [-0.3, -0.25) is 14.6 Å². The highest BCUT2D eigenvalue weighted by atomic mass is 16.4. The lowest BCUT2D eigenvalue weighted by Gasteiger charge is -2.07. The summed E-state index contributed by atoms with van der Waals surface area (Å²) in [6.07, 6.45) is 3.69. The van der Waals surface area contributed by atoms with Crippen LogP contribution in [0.15, 0.2) is 18.5 Å². The van der Waals surface area contributed by atoms with E-state index in [0.29, 0.717) is 19.4 Å². The van der Waals surface area contributed by atoms with Crippen molar-refractivity contribution in [2.75, 3.05) is 6.54 Å². The van der Waals surface area contributed by atoms with E-state index in [0.717, 1.165) is 0 Å². The first-order valence-electron chi connectivity index (χ1n) is 5.65. The van der Waals surface area contributed by atoms with Crippen molar-refractivity contribution in [1.29, 1.82) is 0 Å². The van der Waals surface area contributed by atoms with Crippen molar-refractivity contribution >= 4 is 11.9 Å². The highest BCUT2D eigenvalue weighted by Crippen LogP contribution is 2.08. The van der Waals surface area contributed by atoms with Crippen molar-refractivity contribution in [1.82, 2.24) is 10.3 Å². The summed E-state index contributed by atoms with van der Waals surface area (Å²) in [6.45, 7) is 2.02. The van der Waals surface area contributed by atoms with Crippen LogP contribution in [0.3, 0.4) is 0 Å². The average molecular weight is 252 g/mol. The summed E-state index contributed by atoms with van der Waals surface area (Å²) in [6, 6.07) is 1.32. The van der Waals surface area contributed by atoms with Gasteiger partial charge in [0.15, 0.2) is 0 Å². The Labute approximate surface area is 105 Å². The van der Waals surface area contributed by atoms with Crippen LogP contribution < -0.4 is 5.32 Å². The highest BCUT2D eigenvalue weighted by molar-refractivity contribution is 5.94. The maximum Gasteiger partial charge on any atom is 0.306 e. The van der Waals surface area contributed by atoms with Gasteiger partial charge in [-0.15, -0.1) is 0 Å². The summed E-state index contributed by atoms with van der Waals surface area (Å²) < 4.78 is 0. The number of carboxylic acids is 1. The van der Waals surface area contributed by atoms with Crippen LogP contribution >= 0.6 is 0 Å². The number of hydrogen-bond acceptors (Lipinski definition) is 4. The Kier molecular flexibility index (Phi) is 5.10. The maximum absolute atomic E-state index is 11.6. The molecule has 1 heterocycles. The molecule has 0 aromatic carbocycles. The van der Waals surface area contributed by atoms with Gasteiger partial charge < -0.3 is 15.5 Å². The zero-order valence-corrected chi connectivity index (χ0v) is 10.1. The van der Waals surface area contributed by atoms with Crippen molar-refractivity contribution < 1.29 is 19.8 Å². The van der Waals surface area contributed by atoms with Gasteiger partial charge in [0.05, 0.1) is 17.7 Å². The molecule has 98 valence electrons. The molecule has 1 rings (SSSR count). The van der Waals surface area contributed by atoms with Crippen LogP contribution in [0.5, 0.6) is 5.75 Å². The molecule has 3 N–H and O–H groups in total. The lowest BCUT2D eigenvalue weighted by atomic mass is 10.1. The predicted molar refractivity (Wildman–Crippen MR) is 64.3 cm³/mol. The number of amides is 1. The van der Waals surface area contributed by atoms with E-state index in [1.54, 1.807) is 6.92 Å². The molecule has 0 aliphatic carbocycles. The summed E-state index contributed by atoms with van der Waals surface area (Å²) in [5, 5.41) is 20.5. The van der Waals surface area contributed by atoms with Crippen LogP contribution in [0.2, 0.25) is 0 Å². The quantitative estimate of drug-likeness (QED) is 0.656. The van der Waals surface area contributed by atoms with E-state index >= 15 is 0 Å². The molecule has 0 aliphatic heterocycles. The second-order valence-corrected chi connectivity index (χ2v) is 4.07. The number of carbonyl (C=O) groups is 2. The van der Waals surface area contributed by atoms with Gasteiger partial charge in [-0.25, -0.2) is 0 Å². The van der Waals surface area contributed by atoms with E-state index < -0.39 is 11.9 Å². The Bertz CT molecular complexity index is 434. The van der Waals surface area contributed by atoms with Gasteiger partial charge in [0, 0.05) is 12.7 Å². The minimum Gasteiger partial charge on any atom is -0.506 e. The minimum atomic E-state index is -0.835. The van der Waals surface area contributed by atoms with Crippen LogP contribution in [-0.2, 0) is 4.79 Å². The number of nitrogens with zero attached hydrogens (tertiary/aromatic N) is 1. The third-order valence-electron chi connectivity index (χ3n) is 2.51. The number of rotatable bonds is 6. The van der Waals surface area contributed by atoms with Crippen LogP contribution in [0.4, 0.5) is 0 Å². The number of aromatic hydroxyl groups is 1. The van der Waals surface area contributed by atoms with E-state index in [4.69, 9.17) is 10.2 Å². The molecule has 0 saturated heterocycles. The topological polar surface area (TPSA) is 99.5 Å². The molecule has 1 aromatic rings. The molecular weight excluding hydrogens is 236 g/mol. The van der Waals surface area contributed by atoms with Crippen molar-refractivity contribution in [3.8, 4) is 5.75 Å². The summed E-state index contributed by atoms with van der Waals surface area (Å²) in [7, 11) is 0. The summed E-state index contributed by atoms with van der Waals surface area (Å²) in [5.74, 6) is -1.65. The number of carbonyl (C=O) groups excluding carboxylic acids is 1. The van der Waals surface area contributed by atoms with Gasteiger partial charge in [-0.1, -0.05) is 6.92 Å². The van der Waals surface area contributed by atoms with Crippen LogP contribution in [0.1, 0.15) is 30.1 Å². The highest BCUT2D eigenvalue weighted by Gasteiger charge is 2.10. The van der Waals surface area contributed by atoms with Crippen LogP contribution in [0, 0.1) is 5.92 Å². The normalized spacial score (nSPS) is 11.8. The van der Waals surface area contributed by atoms with E-state index in [1.165, 1.54) is 18.5 Å². The van der Waals surface area contributed by atoms with Gasteiger partial charge in [0.2, 0.25) is 0 Å². The number of nitrogens with one attached hydrogen (secondary N) is 1. The van der Waals surface area contributed by atoms with E-state index in [9.17, 15) is 9.59 Å². The Morgan fingerprint density at radius 1 is 1.44 bits per heavy atom. The first-order valence-corrected chi connectivity index (χ1v) is 5.65. The molecule has 6 heteroatoms. The standard InChI is InChI=1S/C12H16N2O4/c1-8(12(17)18)3-2-4-14-11(16)9-5-10(15)7-13-6-9/h5-8,15H,2-4H2,1H3,(H,14,16)(H,17,18). The monoisotopic (exact) mass is 252 g/mol. The lowest BCUT2D eigenvalue weighted by Crippen LogP contribution is -2.25. The van der Waals surface area contributed by atoms with E-state index in [-0.39, 0.29) is 17.2 Å². The molecule has 1 amide bonds. The molecule has 1 unspecified atom stereocenters. The zero-order chi connectivity index (χ0) is 13.5. The third-order valence-corrected chi connectivity index (χ3v) is 2.51.